The van der Waals surface area contributed by atoms with Crippen LogP contribution in [0.2, 0.25) is 0 Å². The van der Waals surface area contributed by atoms with Gasteiger partial charge in [0.05, 0.1) is 11.2 Å². The number of nitrogens with zero attached hydrogens (tertiary/aromatic N) is 2. The highest BCUT2D eigenvalue weighted by Gasteiger charge is 2.39. The Morgan fingerprint density at radius 1 is 1.40 bits per heavy atom. The molecule has 0 N–H and O–H groups in total. The minimum atomic E-state index is -4.49. The molecule has 0 atom stereocenters. The molecule has 0 amide bonds. The predicted molar refractivity (Wildman–Crippen MR) is 29.6 cm³/mol. The lowest BCUT2D eigenvalue weighted by Crippen LogP contribution is -2.21. The van der Waals surface area contributed by atoms with Gasteiger partial charge in [-0.1, -0.05) is 11.6 Å². The molecule has 1 radical (unpaired) electrons. The van der Waals surface area contributed by atoms with Gasteiger partial charge in [0, 0.05) is 0 Å². The molecule has 10 heavy (non-hydrogen) atoms. The zero-order valence-electron chi connectivity index (χ0n) is 4.48. The van der Waals surface area contributed by atoms with Gasteiger partial charge in [0.15, 0.2) is 5.71 Å². The molecule has 0 saturated heterocycles. The highest BCUT2D eigenvalue weighted by molar-refractivity contribution is 6.44. The normalized spacial score (nSPS) is 18.0. The van der Waals surface area contributed by atoms with Crippen molar-refractivity contribution in [1.82, 2.24) is 5.43 Å². The summed E-state index contributed by atoms with van der Waals surface area (Å²) in [6.45, 7) is 0. The van der Waals surface area contributed by atoms with Crippen LogP contribution in [0.3, 0.4) is 0 Å². The summed E-state index contributed by atoms with van der Waals surface area (Å²) >= 11 is 5.08. The van der Waals surface area contributed by atoms with Crippen LogP contribution < -0.4 is 5.43 Å². The summed E-state index contributed by atoms with van der Waals surface area (Å²) in [5.41, 5.74) is 1.86. The molecule has 1 heterocycles. The van der Waals surface area contributed by atoms with E-state index in [-0.39, 0.29) is 0 Å². The van der Waals surface area contributed by atoms with E-state index >= 15 is 0 Å². The van der Waals surface area contributed by atoms with Crippen molar-refractivity contribution >= 4 is 17.3 Å². The van der Waals surface area contributed by atoms with E-state index in [0.29, 0.717) is 0 Å². The van der Waals surface area contributed by atoms with Crippen molar-refractivity contribution < 1.29 is 13.2 Å². The summed E-state index contributed by atoms with van der Waals surface area (Å²) in [6, 6.07) is 0. The monoisotopic (exact) mass is 169 g/mol. The number of hydrogen-bond acceptors (Lipinski definition) is 1. The van der Waals surface area contributed by atoms with E-state index in [1.54, 1.807) is 0 Å². The Hall–Kier alpha value is -0.710. The van der Waals surface area contributed by atoms with Crippen molar-refractivity contribution in [2.45, 2.75) is 6.18 Å². The number of allylic oxidation sites excluding steroid dienone is 1. The molecule has 1 aliphatic rings. The summed E-state index contributed by atoms with van der Waals surface area (Å²) < 4.78 is 35.1. The van der Waals surface area contributed by atoms with Crippen LogP contribution in [0.4, 0.5) is 13.2 Å². The highest BCUT2D eigenvalue weighted by Crippen LogP contribution is 2.25. The van der Waals surface area contributed by atoms with Crippen LogP contribution in [-0.4, -0.2) is 11.9 Å². The smallest absolute Gasteiger partial charge is 0.164 e. The van der Waals surface area contributed by atoms with Gasteiger partial charge in [-0.2, -0.15) is 18.6 Å². The van der Waals surface area contributed by atoms with Gasteiger partial charge < -0.3 is 0 Å². The van der Waals surface area contributed by atoms with Gasteiger partial charge in [0.25, 0.3) is 0 Å². The van der Waals surface area contributed by atoms with E-state index in [1.165, 1.54) is 0 Å². The van der Waals surface area contributed by atoms with Gasteiger partial charge in [-0.15, -0.1) is 5.10 Å². The second-order valence-corrected chi connectivity index (χ2v) is 1.95. The standard InChI is InChI=1S/C4HClF3N2/c5-2-1-9-10-3(2)4(6,7)8/h1H. The van der Waals surface area contributed by atoms with Crippen molar-refractivity contribution in [3.8, 4) is 0 Å². The Labute approximate surface area is 59.4 Å². The molecule has 0 aromatic rings. The van der Waals surface area contributed by atoms with Crippen LogP contribution in [0, 0.1) is 0 Å². The minimum absolute atomic E-state index is 0.465. The van der Waals surface area contributed by atoms with Gasteiger partial charge in [-0.25, -0.2) is 0 Å². The Bertz CT molecular complexity index is 205. The van der Waals surface area contributed by atoms with Gasteiger partial charge in [-0.3, -0.25) is 0 Å². The van der Waals surface area contributed by atoms with Crippen LogP contribution in [0.15, 0.2) is 16.3 Å². The largest absolute Gasteiger partial charge is 0.436 e. The lowest BCUT2D eigenvalue weighted by molar-refractivity contribution is -0.0579. The Balaban J connectivity index is 2.85. The van der Waals surface area contributed by atoms with Crippen LogP contribution >= 0.6 is 11.6 Å². The number of alkyl halides is 3. The molecule has 0 unspecified atom stereocenters. The fourth-order valence-electron chi connectivity index (χ4n) is 0.438. The molecule has 1 rings (SSSR count). The average molecular weight is 170 g/mol. The average Bonchev–Trinajstić information content (AvgIpc) is 2.11. The Kier molecular flexibility index (Phi) is 1.60. The highest BCUT2D eigenvalue weighted by atomic mass is 35.5. The quantitative estimate of drug-likeness (QED) is 0.527. The molecule has 0 bridgehead atoms. The molecule has 0 aromatic carbocycles. The minimum Gasteiger partial charge on any atom is -0.164 e. The van der Waals surface area contributed by atoms with Crippen LogP contribution in [0.5, 0.6) is 0 Å². The SMILES string of the molecule is FC(F)(F)C1=N[N]C=C1Cl. The maximum Gasteiger partial charge on any atom is 0.436 e. The summed E-state index contributed by atoms with van der Waals surface area (Å²) in [4.78, 5) is 0. The Morgan fingerprint density at radius 2 is 2.00 bits per heavy atom. The maximum absolute atomic E-state index is 11.7. The molecule has 1 aliphatic heterocycles. The molecule has 0 spiro atoms. The van der Waals surface area contributed by atoms with E-state index < -0.39 is 16.9 Å². The van der Waals surface area contributed by atoms with Crippen LogP contribution in [0.25, 0.3) is 0 Å². The van der Waals surface area contributed by atoms with Crippen LogP contribution in [-0.2, 0) is 0 Å². The van der Waals surface area contributed by atoms with Gasteiger partial charge in [0.1, 0.15) is 0 Å². The van der Waals surface area contributed by atoms with E-state index in [1.807, 2.05) is 0 Å². The first kappa shape index (κ1) is 7.40. The third-order valence-corrected chi connectivity index (χ3v) is 1.10. The first-order valence-electron chi connectivity index (χ1n) is 2.23. The predicted octanol–water partition coefficient (Wildman–Crippen LogP) is 1.60. The molecular weight excluding hydrogens is 169 g/mol. The van der Waals surface area contributed by atoms with E-state index in [4.69, 9.17) is 11.6 Å². The third kappa shape index (κ3) is 1.23. The van der Waals surface area contributed by atoms with Crippen molar-refractivity contribution in [2.24, 2.45) is 5.10 Å². The zero-order valence-corrected chi connectivity index (χ0v) is 5.24. The number of rotatable bonds is 0. The van der Waals surface area contributed by atoms with Crippen molar-refractivity contribution in [3.63, 3.8) is 0 Å². The molecule has 0 aromatic heterocycles. The van der Waals surface area contributed by atoms with E-state index in [9.17, 15) is 13.2 Å². The zero-order chi connectivity index (χ0) is 7.78. The third-order valence-electron chi connectivity index (χ3n) is 0.824. The molecule has 6 heteroatoms. The number of halogens is 4. The maximum atomic E-state index is 11.7. The van der Waals surface area contributed by atoms with Crippen molar-refractivity contribution in [3.05, 3.63) is 11.2 Å². The topological polar surface area (TPSA) is 26.5 Å². The van der Waals surface area contributed by atoms with Crippen molar-refractivity contribution in [2.75, 3.05) is 0 Å². The van der Waals surface area contributed by atoms with E-state index in [0.717, 1.165) is 6.20 Å². The summed E-state index contributed by atoms with van der Waals surface area (Å²) in [6.07, 6.45) is -3.64. The van der Waals surface area contributed by atoms with E-state index in [2.05, 4.69) is 10.5 Å². The van der Waals surface area contributed by atoms with Gasteiger partial charge >= 0.3 is 6.18 Å². The summed E-state index contributed by atoms with van der Waals surface area (Å²) in [5, 5.41) is 2.31. The first-order valence-corrected chi connectivity index (χ1v) is 2.60. The fraction of sp³-hybridized carbons (Fsp3) is 0.250. The fourth-order valence-corrected chi connectivity index (χ4v) is 0.627. The molecule has 55 valence electrons. The molecular formula is C4HClF3N2. The second-order valence-electron chi connectivity index (χ2n) is 1.54. The lowest BCUT2D eigenvalue weighted by atomic mass is 10.4. The summed E-state index contributed by atoms with van der Waals surface area (Å²) in [5.74, 6) is 0. The molecule has 0 fully saturated rings. The van der Waals surface area contributed by atoms with Gasteiger partial charge in [-0.05, 0) is 0 Å². The van der Waals surface area contributed by atoms with Crippen LogP contribution in [0.1, 0.15) is 0 Å². The summed E-state index contributed by atoms with van der Waals surface area (Å²) in [7, 11) is 0. The molecule has 0 saturated carbocycles. The molecule has 0 aliphatic carbocycles. The first-order chi connectivity index (χ1) is 4.52. The van der Waals surface area contributed by atoms with Gasteiger partial charge in [0.2, 0.25) is 0 Å². The second kappa shape index (κ2) is 2.16. The number of hydrogen-bond donors (Lipinski definition) is 0. The lowest BCUT2D eigenvalue weighted by Gasteiger charge is -2.02. The van der Waals surface area contributed by atoms with Crippen molar-refractivity contribution in [1.29, 1.82) is 0 Å². The molecule has 2 nitrogen and oxygen atoms in total. The Morgan fingerprint density at radius 3 is 2.20 bits per heavy atom.